The molecule has 0 amide bonds. The van der Waals surface area contributed by atoms with Crippen LogP contribution in [0.3, 0.4) is 0 Å². The molecule has 0 radical (unpaired) electrons. The largest absolute Gasteiger partial charge is 0.310 e. The van der Waals surface area contributed by atoms with Crippen LogP contribution in [0.1, 0.15) is 30.7 Å². The molecule has 2 rings (SSSR count). The average Bonchev–Trinajstić information content (AvgIpc) is 2.64. The molecule has 0 aliphatic carbocycles. The molecule has 20 heavy (non-hydrogen) atoms. The van der Waals surface area contributed by atoms with E-state index >= 15 is 0 Å². The minimum absolute atomic E-state index is 0.479. The first-order valence-electron chi connectivity index (χ1n) is 6.97. The lowest BCUT2D eigenvalue weighted by atomic mass is 10.2. The third kappa shape index (κ3) is 3.64. The molecule has 0 spiro atoms. The van der Waals surface area contributed by atoms with Gasteiger partial charge >= 0.3 is 0 Å². The normalized spacial score (nSPS) is 11.3. The lowest BCUT2D eigenvalue weighted by molar-refractivity contribution is 0.580. The Hall–Kier alpha value is -1.26. The van der Waals surface area contributed by atoms with Crippen molar-refractivity contribution in [3.8, 4) is 0 Å². The first-order chi connectivity index (χ1) is 9.47. The highest BCUT2D eigenvalue weighted by atomic mass is 32.2. The van der Waals surface area contributed by atoms with Crippen molar-refractivity contribution in [1.82, 2.24) is 15.1 Å². The van der Waals surface area contributed by atoms with E-state index in [0.29, 0.717) is 6.04 Å². The van der Waals surface area contributed by atoms with Crippen molar-refractivity contribution in [1.29, 1.82) is 0 Å². The highest BCUT2D eigenvalue weighted by molar-refractivity contribution is 7.99. The molecule has 1 aromatic carbocycles. The minimum Gasteiger partial charge on any atom is -0.310 e. The predicted molar refractivity (Wildman–Crippen MR) is 85.2 cm³/mol. The number of hydrogen-bond acceptors (Lipinski definition) is 3. The fourth-order valence-corrected chi connectivity index (χ4v) is 3.05. The zero-order valence-corrected chi connectivity index (χ0v) is 13.7. The minimum atomic E-state index is 0.479. The Balaban J connectivity index is 2.23. The van der Waals surface area contributed by atoms with Gasteiger partial charge in [0.2, 0.25) is 0 Å². The molecular weight excluding hydrogens is 266 g/mol. The van der Waals surface area contributed by atoms with Crippen LogP contribution in [0.25, 0.3) is 0 Å². The second kappa shape index (κ2) is 6.46. The van der Waals surface area contributed by atoms with Crippen molar-refractivity contribution >= 4 is 11.8 Å². The summed E-state index contributed by atoms with van der Waals surface area (Å²) < 4.78 is 1.98. The van der Waals surface area contributed by atoms with Crippen LogP contribution in [0.2, 0.25) is 0 Å². The molecule has 0 aliphatic heterocycles. The Morgan fingerprint density at radius 2 is 1.85 bits per heavy atom. The molecule has 3 nitrogen and oxygen atoms in total. The van der Waals surface area contributed by atoms with E-state index in [9.17, 15) is 0 Å². The van der Waals surface area contributed by atoms with Crippen molar-refractivity contribution < 1.29 is 0 Å². The summed E-state index contributed by atoms with van der Waals surface area (Å²) in [5.41, 5.74) is 3.69. The second-order valence-electron chi connectivity index (χ2n) is 5.44. The maximum atomic E-state index is 4.56. The van der Waals surface area contributed by atoms with Gasteiger partial charge in [-0.25, -0.2) is 0 Å². The third-order valence-electron chi connectivity index (χ3n) is 3.21. The van der Waals surface area contributed by atoms with Gasteiger partial charge in [-0.15, -0.1) is 0 Å². The van der Waals surface area contributed by atoms with E-state index in [4.69, 9.17) is 0 Å². The van der Waals surface area contributed by atoms with Gasteiger partial charge in [0.1, 0.15) is 5.03 Å². The van der Waals surface area contributed by atoms with E-state index < -0.39 is 0 Å². The highest BCUT2D eigenvalue weighted by Gasteiger charge is 2.14. The van der Waals surface area contributed by atoms with Crippen LogP contribution in [0.4, 0.5) is 0 Å². The Labute approximate surface area is 125 Å². The molecule has 1 heterocycles. The third-order valence-corrected chi connectivity index (χ3v) is 4.42. The van der Waals surface area contributed by atoms with Gasteiger partial charge in [-0.2, -0.15) is 5.10 Å². The number of aryl methyl sites for hydroxylation is 3. The van der Waals surface area contributed by atoms with Gasteiger partial charge in [0, 0.05) is 30.1 Å². The molecule has 0 bridgehead atoms. The zero-order valence-electron chi connectivity index (χ0n) is 12.9. The number of aromatic nitrogens is 2. The monoisotopic (exact) mass is 289 g/mol. The Bertz CT molecular complexity index is 570. The standard InChI is InChI=1S/C16H23N3S/c1-11(2)17-10-15-13(4)18-19(5)16(15)20-14-8-6-12(3)7-9-14/h6-9,11,17H,10H2,1-5H3. The van der Waals surface area contributed by atoms with Crippen LogP contribution in [0.15, 0.2) is 34.2 Å². The van der Waals surface area contributed by atoms with Crippen LogP contribution >= 0.6 is 11.8 Å². The number of hydrogen-bond donors (Lipinski definition) is 1. The van der Waals surface area contributed by atoms with Gasteiger partial charge in [-0.1, -0.05) is 43.3 Å². The van der Waals surface area contributed by atoms with Crippen LogP contribution < -0.4 is 5.32 Å². The van der Waals surface area contributed by atoms with Gasteiger partial charge in [-0.05, 0) is 26.0 Å². The molecule has 1 aromatic heterocycles. The van der Waals surface area contributed by atoms with Gasteiger partial charge < -0.3 is 5.32 Å². The van der Waals surface area contributed by atoms with E-state index in [1.165, 1.54) is 21.0 Å². The molecule has 108 valence electrons. The molecule has 2 aromatic rings. The number of nitrogens with zero attached hydrogens (tertiary/aromatic N) is 2. The summed E-state index contributed by atoms with van der Waals surface area (Å²) in [5, 5.41) is 9.26. The molecule has 0 saturated carbocycles. The summed E-state index contributed by atoms with van der Waals surface area (Å²) in [5.74, 6) is 0. The van der Waals surface area contributed by atoms with Crippen LogP contribution in [-0.2, 0) is 13.6 Å². The molecule has 0 aliphatic rings. The fourth-order valence-electron chi connectivity index (χ4n) is 2.04. The molecule has 0 atom stereocenters. The van der Waals surface area contributed by atoms with Crippen molar-refractivity contribution in [2.75, 3.05) is 0 Å². The average molecular weight is 289 g/mol. The van der Waals surface area contributed by atoms with Gasteiger partial charge in [-0.3, -0.25) is 4.68 Å². The fraction of sp³-hybridized carbons (Fsp3) is 0.438. The van der Waals surface area contributed by atoms with Gasteiger partial charge in [0.05, 0.1) is 5.69 Å². The van der Waals surface area contributed by atoms with E-state index in [2.05, 4.69) is 62.4 Å². The smallest absolute Gasteiger partial charge is 0.103 e. The van der Waals surface area contributed by atoms with Crippen molar-refractivity contribution in [2.24, 2.45) is 7.05 Å². The SMILES string of the molecule is Cc1ccc(Sc2c(CNC(C)C)c(C)nn2C)cc1. The van der Waals surface area contributed by atoms with Crippen LogP contribution in [0, 0.1) is 13.8 Å². The van der Waals surface area contributed by atoms with E-state index in [-0.39, 0.29) is 0 Å². The summed E-state index contributed by atoms with van der Waals surface area (Å²) in [7, 11) is 2.02. The molecule has 0 fully saturated rings. The van der Waals surface area contributed by atoms with Gasteiger partial charge in [0.25, 0.3) is 0 Å². The quantitative estimate of drug-likeness (QED) is 0.910. The highest BCUT2D eigenvalue weighted by Crippen LogP contribution is 2.31. The number of nitrogens with one attached hydrogen (secondary N) is 1. The lowest BCUT2D eigenvalue weighted by Gasteiger charge is -2.10. The van der Waals surface area contributed by atoms with Crippen LogP contribution in [-0.4, -0.2) is 15.8 Å². The molecule has 1 N–H and O–H groups in total. The lowest BCUT2D eigenvalue weighted by Crippen LogP contribution is -2.22. The summed E-state index contributed by atoms with van der Waals surface area (Å²) in [6.45, 7) is 9.39. The Morgan fingerprint density at radius 1 is 1.20 bits per heavy atom. The summed E-state index contributed by atoms with van der Waals surface area (Å²) in [4.78, 5) is 1.25. The molecule has 0 unspecified atom stereocenters. The predicted octanol–water partition coefficient (Wildman–Crippen LogP) is 3.69. The Kier molecular flexibility index (Phi) is 4.89. The summed E-state index contributed by atoms with van der Waals surface area (Å²) in [6, 6.07) is 9.12. The zero-order chi connectivity index (χ0) is 14.7. The number of benzene rings is 1. The summed E-state index contributed by atoms with van der Waals surface area (Å²) >= 11 is 1.78. The topological polar surface area (TPSA) is 29.9 Å². The van der Waals surface area contributed by atoms with E-state index in [1.807, 2.05) is 11.7 Å². The second-order valence-corrected chi connectivity index (χ2v) is 6.51. The van der Waals surface area contributed by atoms with E-state index in [1.54, 1.807) is 11.8 Å². The Morgan fingerprint density at radius 3 is 2.45 bits per heavy atom. The first-order valence-corrected chi connectivity index (χ1v) is 7.79. The van der Waals surface area contributed by atoms with Crippen molar-refractivity contribution in [3.05, 3.63) is 41.1 Å². The molecule has 4 heteroatoms. The van der Waals surface area contributed by atoms with Crippen molar-refractivity contribution in [2.45, 2.75) is 50.2 Å². The maximum Gasteiger partial charge on any atom is 0.103 e. The maximum absolute atomic E-state index is 4.56. The van der Waals surface area contributed by atoms with Crippen molar-refractivity contribution in [3.63, 3.8) is 0 Å². The van der Waals surface area contributed by atoms with Gasteiger partial charge in [0.15, 0.2) is 0 Å². The molecule has 0 saturated heterocycles. The van der Waals surface area contributed by atoms with Crippen LogP contribution in [0.5, 0.6) is 0 Å². The molecular formula is C16H23N3S. The first kappa shape index (κ1) is 15.1. The number of rotatable bonds is 5. The van der Waals surface area contributed by atoms with E-state index in [0.717, 1.165) is 12.2 Å². The summed E-state index contributed by atoms with van der Waals surface area (Å²) in [6.07, 6.45) is 0.